The molecule has 1 atom stereocenters. The number of piperidine rings is 1. The summed E-state index contributed by atoms with van der Waals surface area (Å²) in [6.07, 6.45) is 6.59. The van der Waals surface area contributed by atoms with Crippen molar-refractivity contribution in [3.63, 3.8) is 0 Å². The Labute approximate surface area is 54.6 Å². The van der Waals surface area contributed by atoms with Crippen LogP contribution in [-0.4, -0.2) is 12.5 Å². The summed E-state index contributed by atoms with van der Waals surface area (Å²) in [6.45, 7) is 0.662. The number of terminal acetylenes is 1. The lowest BCUT2D eigenvalue weighted by Crippen LogP contribution is -2.34. The van der Waals surface area contributed by atoms with Gasteiger partial charge in [-0.05, 0) is 6.42 Å². The molecule has 9 heavy (non-hydrogen) atoms. The van der Waals surface area contributed by atoms with Crippen molar-refractivity contribution in [3.05, 3.63) is 0 Å². The SMILES string of the molecule is C#CC1CCC(=O)NC1. The van der Waals surface area contributed by atoms with Crippen LogP contribution in [-0.2, 0) is 4.79 Å². The van der Waals surface area contributed by atoms with E-state index < -0.39 is 0 Å². The minimum Gasteiger partial charge on any atom is -0.355 e. The molecule has 0 aromatic rings. The summed E-state index contributed by atoms with van der Waals surface area (Å²) < 4.78 is 0. The zero-order chi connectivity index (χ0) is 6.69. The quantitative estimate of drug-likeness (QED) is 0.456. The summed E-state index contributed by atoms with van der Waals surface area (Å²) in [5.41, 5.74) is 0. The summed E-state index contributed by atoms with van der Waals surface area (Å²) >= 11 is 0. The maximum atomic E-state index is 10.5. The van der Waals surface area contributed by atoms with Crippen LogP contribution in [0, 0.1) is 18.3 Å². The van der Waals surface area contributed by atoms with Gasteiger partial charge in [0.2, 0.25) is 5.91 Å². The van der Waals surface area contributed by atoms with Gasteiger partial charge in [-0.15, -0.1) is 12.3 Å². The molecule has 1 unspecified atom stereocenters. The lowest BCUT2D eigenvalue weighted by atomic mass is 10.0. The van der Waals surface area contributed by atoms with Crippen LogP contribution in [0.3, 0.4) is 0 Å². The molecule has 1 saturated heterocycles. The fraction of sp³-hybridized carbons (Fsp3) is 0.571. The van der Waals surface area contributed by atoms with Crippen LogP contribution in [0.25, 0.3) is 0 Å². The molecule has 0 aromatic carbocycles. The summed E-state index contributed by atoms with van der Waals surface area (Å²) in [5.74, 6) is 3.00. The maximum absolute atomic E-state index is 10.5. The summed E-state index contributed by atoms with van der Waals surface area (Å²) in [7, 11) is 0. The van der Waals surface area contributed by atoms with Crippen LogP contribution in [0.4, 0.5) is 0 Å². The fourth-order valence-electron chi connectivity index (χ4n) is 0.875. The van der Waals surface area contributed by atoms with Gasteiger partial charge in [-0.2, -0.15) is 0 Å². The molecule has 1 fully saturated rings. The Bertz CT molecular complexity index is 147. The Balaban J connectivity index is 2.37. The molecule has 1 aliphatic heterocycles. The number of hydrogen-bond acceptors (Lipinski definition) is 1. The third-order valence-electron chi connectivity index (χ3n) is 1.50. The standard InChI is InChI=1S/C7H9NO/c1-2-6-3-4-7(9)8-5-6/h1,6H,3-5H2,(H,8,9). The van der Waals surface area contributed by atoms with Gasteiger partial charge in [-0.1, -0.05) is 0 Å². The third kappa shape index (κ3) is 1.46. The van der Waals surface area contributed by atoms with E-state index in [-0.39, 0.29) is 11.8 Å². The predicted molar refractivity (Wildman–Crippen MR) is 34.6 cm³/mol. The second kappa shape index (κ2) is 2.54. The van der Waals surface area contributed by atoms with Crippen molar-refractivity contribution in [2.45, 2.75) is 12.8 Å². The highest BCUT2D eigenvalue weighted by Crippen LogP contribution is 2.07. The number of hydrogen-bond donors (Lipinski definition) is 1. The Hall–Kier alpha value is -0.970. The van der Waals surface area contributed by atoms with E-state index in [4.69, 9.17) is 6.42 Å². The highest BCUT2D eigenvalue weighted by Gasteiger charge is 2.14. The number of carbonyl (C=O) groups is 1. The van der Waals surface area contributed by atoms with E-state index in [9.17, 15) is 4.79 Å². The smallest absolute Gasteiger partial charge is 0.220 e. The molecule has 2 heteroatoms. The van der Waals surface area contributed by atoms with E-state index in [2.05, 4.69) is 11.2 Å². The number of amides is 1. The first-order valence-electron chi connectivity index (χ1n) is 3.06. The number of rotatable bonds is 0. The van der Waals surface area contributed by atoms with Gasteiger partial charge in [-0.25, -0.2) is 0 Å². The van der Waals surface area contributed by atoms with Crippen LogP contribution >= 0.6 is 0 Å². The fourth-order valence-corrected chi connectivity index (χ4v) is 0.875. The second-order valence-electron chi connectivity index (χ2n) is 2.21. The summed E-state index contributed by atoms with van der Waals surface area (Å²) in [5, 5.41) is 2.70. The second-order valence-corrected chi connectivity index (χ2v) is 2.21. The van der Waals surface area contributed by atoms with Gasteiger partial charge >= 0.3 is 0 Å². The highest BCUT2D eigenvalue weighted by molar-refractivity contribution is 5.76. The molecule has 0 aromatic heterocycles. The van der Waals surface area contributed by atoms with E-state index in [0.717, 1.165) is 6.42 Å². The van der Waals surface area contributed by atoms with E-state index in [0.29, 0.717) is 13.0 Å². The van der Waals surface area contributed by atoms with Crippen molar-refractivity contribution in [2.75, 3.05) is 6.54 Å². The minimum absolute atomic E-state index is 0.126. The lowest BCUT2D eigenvalue weighted by Gasteiger charge is -2.16. The molecule has 1 N–H and O–H groups in total. The molecule has 1 amide bonds. The Morgan fingerprint density at radius 1 is 1.78 bits per heavy atom. The number of carbonyl (C=O) groups excluding carboxylic acids is 1. The number of nitrogens with one attached hydrogen (secondary N) is 1. The Morgan fingerprint density at radius 2 is 2.56 bits per heavy atom. The molecule has 1 aliphatic rings. The van der Waals surface area contributed by atoms with Gasteiger partial charge in [-0.3, -0.25) is 4.79 Å². The zero-order valence-corrected chi connectivity index (χ0v) is 5.18. The topological polar surface area (TPSA) is 29.1 Å². The van der Waals surface area contributed by atoms with Gasteiger partial charge in [0.1, 0.15) is 0 Å². The van der Waals surface area contributed by atoms with Crippen molar-refractivity contribution < 1.29 is 4.79 Å². The average molecular weight is 123 g/mol. The van der Waals surface area contributed by atoms with Gasteiger partial charge in [0.05, 0.1) is 0 Å². The van der Waals surface area contributed by atoms with Crippen molar-refractivity contribution in [1.29, 1.82) is 0 Å². The molecule has 0 saturated carbocycles. The van der Waals surface area contributed by atoms with E-state index >= 15 is 0 Å². The normalized spacial score (nSPS) is 26.6. The Morgan fingerprint density at radius 3 is 3.00 bits per heavy atom. The van der Waals surface area contributed by atoms with Crippen molar-refractivity contribution >= 4 is 5.91 Å². The van der Waals surface area contributed by atoms with Crippen LogP contribution in [0.1, 0.15) is 12.8 Å². The van der Waals surface area contributed by atoms with Gasteiger partial charge < -0.3 is 5.32 Å². The average Bonchev–Trinajstić information content (AvgIpc) is 1.90. The zero-order valence-electron chi connectivity index (χ0n) is 5.18. The van der Waals surface area contributed by atoms with Crippen LogP contribution < -0.4 is 5.32 Å². The van der Waals surface area contributed by atoms with Crippen molar-refractivity contribution in [2.24, 2.45) is 5.92 Å². The molecule has 1 heterocycles. The molecule has 0 bridgehead atoms. The molecule has 1 rings (SSSR count). The van der Waals surface area contributed by atoms with Crippen molar-refractivity contribution in [1.82, 2.24) is 5.32 Å². The third-order valence-corrected chi connectivity index (χ3v) is 1.50. The summed E-state index contributed by atoms with van der Waals surface area (Å²) in [4.78, 5) is 10.5. The molecular formula is C7H9NO. The molecule has 48 valence electrons. The van der Waals surface area contributed by atoms with Gasteiger partial charge in [0.15, 0.2) is 0 Å². The van der Waals surface area contributed by atoms with E-state index in [1.807, 2.05) is 0 Å². The first kappa shape index (κ1) is 6.15. The molecular weight excluding hydrogens is 114 g/mol. The van der Waals surface area contributed by atoms with Crippen LogP contribution in [0.2, 0.25) is 0 Å². The predicted octanol–water partition coefficient (Wildman–Crippen LogP) is 0.146. The maximum Gasteiger partial charge on any atom is 0.220 e. The largest absolute Gasteiger partial charge is 0.355 e. The molecule has 0 radical (unpaired) electrons. The van der Waals surface area contributed by atoms with E-state index in [1.54, 1.807) is 0 Å². The summed E-state index contributed by atoms with van der Waals surface area (Å²) in [6, 6.07) is 0. The molecule has 0 aliphatic carbocycles. The Kier molecular flexibility index (Phi) is 1.74. The highest BCUT2D eigenvalue weighted by atomic mass is 16.1. The van der Waals surface area contributed by atoms with Gasteiger partial charge in [0, 0.05) is 18.9 Å². The first-order chi connectivity index (χ1) is 4.33. The molecule has 0 spiro atoms. The monoisotopic (exact) mass is 123 g/mol. The van der Waals surface area contributed by atoms with Crippen molar-refractivity contribution in [3.8, 4) is 12.3 Å². The van der Waals surface area contributed by atoms with Crippen LogP contribution in [0.15, 0.2) is 0 Å². The lowest BCUT2D eigenvalue weighted by molar-refractivity contribution is -0.122. The minimum atomic E-state index is 0.126. The van der Waals surface area contributed by atoms with Gasteiger partial charge in [0.25, 0.3) is 0 Å². The first-order valence-corrected chi connectivity index (χ1v) is 3.06. The molecule has 2 nitrogen and oxygen atoms in total. The van der Waals surface area contributed by atoms with Crippen LogP contribution in [0.5, 0.6) is 0 Å². The van der Waals surface area contributed by atoms with E-state index in [1.165, 1.54) is 0 Å².